The molecule has 2 N–H and O–H groups in total. The Morgan fingerprint density at radius 1 is 1.54 bits per heavy atom. The van der Waals surface area contributed by atoms with Crippen molar-refractivity contribution in [3.05, 3.63) is 17.3 Å². The second-order valence-electron chi connectivity index (χ2n) is 3.23. The molecular formula is C9H11ClN2O. The number of ether oxygens (including phenoxy) is 1. The molecule has 3 nitrogen and oxygen atoms in total. The lowest BCUT2D eigenvalue weighted by atomic mass is 9.96. The van der Waals surface area contributed by atoms with E-state index >= 15 is 0 Å². The van der Waals surface area contributed by atoms with Crippen molar-refractivity contribution in [3.63, 3.8) is 0 Å². The molecule has 0 atom stereocenters. The molecule has 0 saturated heterocycles. The molecule has 0 aliphatic heterocycles. The fraction of sp³-hybridized carbons (Fsp3) is 0.444. The van der Waals surface area contributed by atoms with Crippen LogP contribution in [0, 0.1) is 0 Å². The van der Waals surface area contributed by atoms with Crippen LogP contribution in [0.4, 0.5) is 5.69 Å². The van der Waals surface area contributed by atoms with Crippen LogP contribution in [-0.2, 0) is 0 Å². The molecule has 2 rings (SSSR count). The third kappa shape index (κ3) is 1.86. The van der Waals surface area contributed by atoms with Gasteiger partial charge in [0.1, 0.15) is 11.1 Å². The first-order valence-electron chi connectivity index (χ1n) is 4.33. The zero-order valence-electron chi connectivity index (χ0n) is 7.16. The molecule has 1 heterocycles. The Morgan fingerprint density at radius 2 is 2.31 bits per heavy atom. The average Bonchev–Trinajstić information content (AvgIpc) is 1.99. The number of rotatable bonds is 2. The second kappa shape index (κ2) is 3.42. The quantitative estimate of drug-likeness (QED) is 0.793. The highest BCUT2D eigenvalue weighted by molar-refractivity contribution is 6.32. The van der Waals surface area contributed by atoms with Crippen molar-refractivity contribution >= 4 is 17.3 Å². The highest BCUT2D eigenvalue weighted by Crippen LogP contribution is 2.29. The van der Waals surface area contributed by atoms with Crippen LogP contribution in [0.2, 0.25) is 5.02 Å². The topological polar surface area (TPSA) is 48.1 Å². The van der Waals surface area contributed by atoms with Gasteiger partial charge in [0.15, 0.2) is 0 Å². The molecule has 1 aromatic rings. The Balaban J connectivity index is 2.10. The molecule has 4 heteroatoms. The van der Waals surface area contributed by atoms with E-state index in [0.717, 1.165) is 12.8 Å². The SMILES string of the molecule is Nc1cnc(OC2CCC2)c(Cl)c1. The Morgan fingerprint density at radius 3 is 2.85 bits per heavy atom. The summed E-state index contributed by atoms with van der Waals surface area (Å²) in [4.78, 5) is 4.02. The molecule has 1 fully saturated rings. The minimum atomic E-state index is 0.300. The number of anilines is 1. The molecular weight excluding hydrogens is 188 g/mol. The molecule has 0 spiro atoms. The lowest BCUT2D eigenvalue weighted by Gasteiger charge is -2.25. The maximum atomic E-state index is 5.89. The van der Waals surface area contributed by atoms with Gasteiger partial charge in [0, 0.05) is 0 Å². The van der Waals surface area contributed by atoms with E-state index in [-0.39, 0.29) is 0 Å². The minimum absolute atomic E-state index is 0.300. The van der Waals surface area contributed by atoms with Gasteiger partial charge >= 0.3 is 0 Å². The monoisotopic (exact) mass is 198 g/mol. The molecule has 0 aromatic carbocycles. The van der Waals surface area contributed by atoms with Crippen LogP contribution >= 0.6 is 11.6 Å². The summed E-state index contributed by atoms with van der Waals surface area (Å²) in [5.74, 6) is 0.501. The summed E-state index contributed by atoms with van der Waals surface area (Å²) in [6, 6.07) is 1.66. The molecule has 13 heavy (non-hydrogen) atoms. The van der Waals surface area contributed by atoms with Crippen molar-refractivity contribution in [1.29, 1.82) is 0 Å². The first-order valence-corrected chi connectivity index (χ1v) is 4.71. The fourth-order valence-corrected chi connectivity index (χ4v) is 1.39. The van der Waals surface area contributed by atoms with Crippen molar-refractivity contribution in [2.45, 2.75) is 25.4 Å². The number of nitrogens with zero attached hydrogens (tertiary/aromatic N) is 1. The van der Waals surface area contributed by atoms with E-state index < -0.39 is 0 Å². The third-order valence-corrected chi connectivity index (χ3v) is 2.43. The zero-order chi connectivity index (χ0) is 9.26. The lowest BCUT2D eigenvalue weighted by Crippen LogP contribution is -2.25. The van der Waals surface area contributed by atoms with Crippen molar-refractivity contribution in [2.75, 3.05) is 5.73 Å². The van der Waals surface area contributed by atoms with Crippen molar-refractivity contribution in [1.82, 2.24) is 4.98 Å². The molecule has 1 aliphatic rings. The smallest absolute Gasteiger partial charge is 0.232 e. The van der Waals surface area contributed by atoms with Crippen molar-refractivity contribution in [2.24, 2.45) is 0 Å². The van der Waals surface area contributed by atoms with Gasteiger partial charge < -0.3 is 10.5 Å². The highest BCUT2D eigenvalue weighted by atomic mass is 35.5. The summed E-state index contributed by atoms with van der Waals surface area (Å²) in [5.41, 5.74) is 6.06. The van der Waals surface area contributed by atoms with Crippen LogP contribution in [0.15, 0.2) is 12.3 Å². The summed E-state index contributed by atoms with van der Waals surface area (Å²) in [7, 11) is 0. The third-order valence-electron chi connectivity index (χ3n) is 2.16. The summed E-state index contributed by atoms with van der Waals surface area (Å²) < 4.78 is 5.54. The van der Waals surface area contributed by atoms with E-state index in [4.69, 9.17) is 22.1 Å². The van der Waals surface area contributed by atoms with E-state index in [9.17, 15) is 0 Å². The number of hydrogen-bond donors (Lipinski definition) is 1. The van der Waals surface area contributed by atoms with Gasteiger partial charge in [-0.15, -0.1) is 0 Å². The molecule has 0 amide bonds. The molecule has 1 aromatic heterocycles. The van der Waals surface area contributed by atoms with Gasteiger partial charge in [0.05, 0.1) is 11.9 Å². The average molecular weight is 199 g/mol. The standard InChI is InChI=1S/C9H11ClN2O/c10-8-4-6(11)5-12-9(8)13-7-2-1-3-7/h4-5,7H,1-3,11H2. The van der Waals surface area contributed by atoms with E-state index in [1.165, 1.54) is 6.42 Å². The van der Waals surface area contributed by atoms with Gasteiger partial charge in [-0.1, -0.05) is 11.6 Å². The summed E-state index contributed by atoms with van der Waals surface area (Å²) >= 11 is 5.89. The largest absolute Gasteiger partial charge is 0.473 e. The fourth-order valence-electron chi connectivity index (χ4n) is 1.17. The number of pyridine rings is 1. The van der Waals surface area contributed by atoms with Gasteiger partial charge in [-0.2, -0.15) is 0 Å². The minimum Gasteiger partial charge on any atom is -0.473 e. The maximum Gasteiger partial charge on any atom is 0.232 e. The van der Waals surface area contributed by atoms with Gasteiger partial charge in [0.25, 0.3) is 0 Å². The zero-order valence-corrected chi connectivity index (χ0v) is 7.92. The van der Waals surface area contributed by atoms with Crippen LogP contribution in [0.25, 0.3) is 0 Å². The van der Waals surface area contributed by atoms with Crippen LogP contribution in [-0.4, -0.2) is 11.1 Å². The number of nitrogens with two attached hydrogens (primary N) is 1. The van der Waals surface area contributed by atoms with Crippen LogP contribution < -0.4 is 10.5 Å². The van der Waals surface area contributed by atoms with E-state index in [1.54, 1.807) is 12.3 Å². The predicted molar refractivity (Wildman–Crippen MR) is 51.9 cm³/mol. The van der Waals surface area contributed by atoms with Gasteiger partial charge in [-0.3, -0.25) is 0 Å². The Hall–Kier alpha value is -0.960. The molecule has 0 radical (unpaired) electrons. The summed E-state index contributed by atoms with van der Waals surface area (Å²) in [6.45, 7) is 0. The molecule has 0 bridgehead atoms. The molecule has 0 unspecified atom stereocenters. The van der Waals surface area contributed by atoms with Crippen LogP contribution in [0.1, 0.15) is 19.3 Å². The summed E-state index contributed by atoms with van der Waals surface area (Å²) in [5, 5.41) is 0.493. The predicted octanol–water partition coefficient (Wildman–Crippen LogP) is 2.25. The van der Waals surface area contributed by atoms with Gasteiger partial charge in [-0.05, 0) is 25.3 Å². The Bertz CT molecular complexity index is 312. The number of nitrogen functional groups attached to an aromatic ring is 1. The molecule has 1 saturated carbocycles. The lowest BCUT2D eigenvalue weighted by molar-refractivity contribution is 0.115. The maximum absolute atomic E-state index is 5.89. The number of hydrogen-bond acceptors (Lipinski definition) is 3. The second-order valence-corrected chi connectivity index (χ2v) is 3.63. The van der Waals surface area contributed by atoms with E-state index in [2.05, 4.69) is 4.98 Å². The van der Waals surface area contributed by atoms with Gasteiger partial charge in [0.2, 0.25) is 5.88 Å². The Kier molecular flexibility index (Phi) is 2.27. The van der Waals surface area contributed by atoms with Crippen LogP contribution in [0.3, 0.4) is 0 Å². The van der Waals surface area contributed by atoms with E-state index in [0.29, 0.717) is 22.7 Å². The molecule has 70 valence electrons. The highest BCUT2D eigenvalue weighted by Gasteiger charge is 2.20. The summed E-state index contributed by atoms with van der Waals surface area (Å²) in [6.07, 6.45) is 5.29. The Labute approximate surface area is 81.9 Å². The number of aromatic nitrogens is 1. The molecule has 1 aliphatic carbocycles. The van der Waals surface area contributed by atoms with Gasteiger partial charge in [-0.25, -0.2) is 4.98 Å². The van der Waals surface area contributed by atoms with E-state index in [1.807, 2.05) is 0 Å². The first-order chi connectivity index (χ1) is 6.25. The normalized spacial score (nSPS) is 16.7. The van der Waals surface area contributed by atoms with Crippen molar-refractivity contribution < 1.29 is 4.74 Å². The number of halogens is 1. The first kappa shape index (κ1) is 8.63. The van der Waals surface area contributed by atoms with Crippen molar-refractivity contribution in [3.8, 4) is 5.88 Å². The van der Waals surface area contributed by atoms with Crippen LogP contribution in [0.5, 0.6) is 5.88 Å².